The maximum absolute atomic E-state index is 8.47. The summed E-state index contributed by atoms with van der Waals surface area (Å²) in [6.07, 6.45) is 10.1. The van der Waals surface area contributed by atoms with Crippen molar-refractivity contribution < 1.29 is 70.6 Å². The topological polar surface area (TPSA) is 193 Å². The molecule has 1 unspecified atom stereocenters. The van der Waals surface area contributed by atoms with Crippen LogP contribution in [0.25, 0.3) is 10.6 Å². The Labute approximate surface area is 159 Å². The van der Waals surface area contributed by atoms with Gasteiger partial charge in [-0.25, -0.2) is 20.8 Å². The third kappa shape index (κ3) is 22.7. The molecule has 2 aliphatic heterocycles. The molecule has 148 valence electrons. The van der Waals surface area contributed by atoms with Crippen LogP contribution in [0.2, 0.25) is 0 Å². The molecule has 0 amide bonds. The molecule has 1 saturated heterocycles. The number of allylic oxidation sites excluding steroid dienone is 2. The standard InChI is InChI=1S/C10H15N3.2Cu.2H2NO3.H2O/c1-3-7-11-9(5-1)13-10-6-2-4-8-12-10;;;2*2-1(3)4;/h1,3,5,10,13H,2,4,6-8H2;;;2*(H2,2,3,4);1H2/q-2;;+2;2*+1;. The first-order chi connectivity index (χ1) is 9.91. The van der Waals surface area contributed by atoms with E-state index in [4.69, 9.17) is 30.6 Å². The van der Waals surface area contributed by atoms with Crippen molar-refractivity contribution in [3.05, 3.63) is 44.5 Å². The molecule has 0 saturated carbocycles. The fourth-order valence-corrected chi connectivity index (χ4v) is 1.59. The van der Waals surface area contributed by atoms with E-state index in [0.29, 0.717) is 6.17 Å². The zero-order valence-electron chi connectivity index (χ0n) is 12.3. The van der Waals surface area contributed by atoms with Gasteiger partial charge in [0.1, 0.15) is 9.81 Å². The maximum Gasteiger partial charge on any atom is 2.00 e. The molecule has 2 aliphatic rings. The Hall–Kier alpha value is -1.56. The Bertz CT molecular complexity index is 372. The Kier molecular flexibility index (Phi) is 24.6. The number of hydrogen-bond acceptors (Lipinski definition) is 3. The van der Waals surface area contributed by atoms with E-state index in [0.717, 1.165) is 25.3 Å². The van der Waals surface area contributed by atoms with Crippen LogP contribution >= 0.6 is 0 Å². The summed E-state index contributed by atoms with van der Waals surface area (Å²) in [6, 6.07) is 0. The smallest absolute Gasteiger partial charge is 0.660 e. The van der Waals surface area contributed by atoms with Gasteiger partial charge >= 0.3 is 27.2 Å². The summed E-state index contributed by atoms with van der Waals surface area (Å²) in [4.78, 5) is 16.9. The molecule has 0 aliphatic carbocycles. The summed E-state index contributed by atoms with van der Waals surface area (Å²) in [5.74, 6) is 0.984. The minimum atomic E-state index is -1.25. The van der Waals surface area contributed by atoms with Crippen LogP contribution < -0.4 is 5.32 Å². The van der Waals surface area contributed by atoms with Crippen LogP contribution in [-0.2, 0) is 34.1 Å². The number of piperidine rings is 1. The van der Waals surface area contributed by atoms with E-state index in [9.17, 15) is 0 Å². The van der Waals surface area contributed by atoms with Crippen LogP contribution in [0.3, 0.4) is 0 Å². The predicted molar refractivity (Wildman–Crippen MR) is 72.5 cm³/mol. The van der Waals surface area contributed by atoms with Gasteiger partial charge in [0, 0.05) is 17.1 Å². The first-order valence-electron chi connectivity index (χ1n) is 6.09. The average Bonchev–Trinajstić information content (AvgIpc) is 2.40. The number of rotatable bonds is 2. The van der Waals surface area contributed by atoms with Crippen LogP contribution in [0.5, 0.6) is 0 Å². The number of hydrogen-bond donors (Lipinski definition) is 5. The molecular weight excluding hydrogens is 429 g/mol. The van der Waals surface area contributed by atoms with Crippen LogP contribution in [0.15, 0.2) is 24.0 Å². The van der Waals surface area contributed by atoms with Crippen LogP contribution in [0.1, 0.15) is 19.3 Å². The molecule has 12 nitrogen and oxygen atoms in total. The number of nitrogens with zero attached hydrogens (tertiary/aromatic N) is 4. The summed E-state index contributed by atoms with van der Waals surface area (Å²) in [5.41, 5.74) is 0. The van der Waals surface area contributed by atoms with Gasteiger partial charge in [0.25, 0.3) is 0 Å². The SMILES string of the molecule is C1=CC[N-]C(NC2CCCC[N-]2)=C1.O.O=[N+](O)O.O=[N+](O)O.[Cu+2].[Cu]. The van der Waals surface area contributed by atoms with Crippen molar-refractivity contribution >= 4 is 0 Å². The quantitative estimate of drug-likeness (QED) is 0.298. The molecule has 14 heteroatoms. The Morgan fingerprint density at radius 3 is 2.04 bits per heavy atom. The molecule has 0 bridgehead atoms. The monoisotopic (exact) mass is 449 g/mol. The van der Waals surface area contributed by atoms with Crippen molar-refractivity contribution in [3.8, 4) is 0 Å². The van der Waals surface area contributed by atoms with Crippen LogP contribution in [-0.4, -0.2) is 55.7 Å². The van der Waals surface area contributed by atoms with Gasteiger partial charge in [-0.05, 0) is 6.54 Å². The first-order valence-corrected chi connectivity index (χ1v) is 6.09. The minimum absolute atomic E-state index is 0. The summed E-state index contributed by atoms with van der Waals surface area (Å²) < 4.78 is 0. The van der Waals surface area contributed by atoms with E-state index in [2.05, 4.69) is 16.0 Å². The molecule has 0 aromatic rings. The second-order valence-corrected chi connectivity index (χ2v) is 3.89. The zero-order chi connectivity index (χ0) is 16.1. The summed E-state index contributed by atoms with van der Waals surface area (Å²) in [6.45, 7) is 1.80. The summed E-state index contributed by atoms with van der Waals surface area (Å²) in [5, 5.41) is 37.2. The van der Waals surface area contributed by atoms with Crippen LogP contribution in [0, 0.1) is 9.81 Å². The third-order valence-electron chi connectivity index (χ3n) is 2.31. The molecule has 0 spiro atoms. The molecule has 7 N–H and O–H groups in total. The van der Waals surface area contributed by atoms with Gasteiger partial charge in [0.05, 0.1) is 0 Å². The summed E-state index contributed by atoms with van der Waals surface area (Å²) >= 11 is 0. The van der Waals surface area contributed by atoms with Crippen molar-refractivity contribution in [2.45, 2.75) is 25.4 Å². The molecule has 0 aromatic heterocycles. The van der Waals surface area contributed by atoms with E-state index in [1.807, 2.05) is 18.2 Å². The normalized spacial score (nSPS) is 17.0. The van der Waals surface area contributed by atoms with Gasteiger partial charge < -0.3 is 21.4 Å². The van der Waals surface area contributed by atoms with E-state index < -0.39 is 10.2 Å². The molecule has 1 fully saturated rings. The number of nitrogens with one attached hydrogen (secondary N) is 1. The van der Waals surface area contributed by atoms with E-state index in [1.165, 1.54) is 12.8 Å². The molecule has 0 aromatic carbocycles. The van der Waals surface area contributed by atoms with Gasteiger partial charge in [-0.15, -0.1) is 12.7 Å². The fraction of sp³-hybridized carbons (Fsp3) is 0.600. The van der Waals surface area contributed by atoms with E-state index in [-0.39, 0.29) is 39.6 Å². The molecule has 2 heterocycles. The first kappa shape index (κ1) is 30.3. The van der Waals surface area contributed by atoms with E-state index in [1.54, 1.807) is 0 Å². The van der Waals surface area contributed by atoms with Gasteiger partial charge in [-0.2, -0.15) is 0 Å². The van der Waals surface area contributed by atoms with E-state index >= 15 is 0 Å². The predicted octanol–water partition coefficient (Wildman–Crippen LogP) is 0.502. The third-order valence-corrected chi connectivity index (χ3v) is 2.31. The Morgan fingerprint density at radius 2 is 1.67 bits per heavy atom. The fourth-order valence-electron chi connectivity index (χ4n) is 1.59. The largest absolute Gasteiger partial charge is 2.00 e. The Balaban J connectivity index is -0.000000157. The van der Waals surface area contributed by atoms with Crippen molar-refractivity contribution in [1.29, 1.82) is 0 Å². The molecule has 2 radical (unpaired) electrons. The van der Waals surface area contributed by atoms with Crippen molar-refractivity contribution in [2.75, 3.05) is 13.1 Å². The van der Waals surface area contributed by atoms with Gasteiger partial charge in [-0.1, -0.05) is 43.3 Å². The minimum Gasteiger partial charge on any atom is -0.660 e. The van der Waals surface area contributed by atoms with Crippen LogP contribution in [0.4, 0.5) is 0 Å². The van der Waals surface area contributed by atoms with Crippen molar-refractivity contribution in [3.63, 3.8) is 0 Å². The van der Waals surface area contributed by atoms with Crippen molar-refractivity contribution in [2.24, 2.45) is 0 Å². The van der Waals surface area contributed by atoms with Gasteiger partial charge in [0.15, 0.2) is 0 Å². The van der Waals surface area contributed by atoms with Gasteiger partial charge in [-0.3, -0.25) is 0 Å². The van der Waals surface area contributed by atoms with Crippen molar-refractivity contribution in [1.82, 2.24) is 5.32 Å². The van der Waals surface area contributed by atoms with Gasteiger partial charge in [0.2, 0.25) is 0 Å². The second kappa shape index (κ2) is 19.5. The zero-order valence-corrected chi connectivity index (χ0v) is 14.2. The molecular formula is C10H21Cu2N5O7+2. The average molecular weight is 450 g/mol. The molecule has 24 heavy (non-hydrogen) atoms. The maximum atomic E-state index is 8.47. The Morgan fingerprint density at radius 1 is 1.12 bits per heavy atom. The molecule has 1 atom stereocenters. The second-order valence-electron chi connectivity index (χ2n) is 3.89. The summed E-state index contributed by atoms with van der Waals surface area (Å²) in [7, 11) is 0. The molecule has 2 rings (SSSR count).